The van der Waals surface area contributed by atoms with E-state index in [1.165, 1.54) is 5.69 Å². The Morgan fingerprint density at radius 3 is 2.40 bits per heavy atom. The zero-order valence-corrected chi connectivity index (χ0v) is 17.9. The molecular weight excluding hydrogens is 376 g/mol. The van der Waals surface area contributed by atoms with Gasteiger partial charge in [-0.2, -0.15) is 0 Å². The van der Waals surface area contributed by atoms with Crippen molar-refractivity contribution in [3.63, 3.8) is 0 Å². The molecule has 4 rings (SSSR count). The molecule has 0 aliphatic carbocycles. The number of nitrogens with one attached hydrogen (secondary N) is 1. The van der Waals surface area contributed by atoms with Crippen molar-refractivity contribution in [2.45, 2.75) is 26.3 Å². The summed E-state index contributed by atoms with van der Waals surface area (Å²) in [5.74, 6) is 0.0209. The molecule has 6 nitrogen and oxygen atoms in total. The predicted octanol–water partition coefficient (Wildman–Crippen LogP) is 2.67. The van der Waals surface area contributed by atoms with E-state index in [-0.39, 0.29) is 11.8 Å². The average molecular weight is 407 g/mol. The molecule has 6 heteroatoms. The molecule has 2 amide bonds. The Bertz CT molecular complexity index is 917. The SMILES string of the molecule is CCC(=O)N1CCc2c(C(=O)NCc3ccc(N4CCN(C)CC4)cc3)cccc21. The zero-order chi connectivity index (χ0) is 21.1. The van der Waals surface area contributed by atoms with Crippen LogP contribution in [0.5, 0.6) is 0 Å². The molecule has 2 aliphatic rings. The number of carbonyl (C=O) groups is 2. The van der Waals surface area contributed by atoms with E-state index in [1.54, 1.807) is 4.90 Å². The van der Waals surface area contributed by atoms with Crippen LogP contribution < -0.4 is 15.1 Å². The molecular formula is C24H30N4O2. The fourth-order valence-corrected chi connectivity index (χ4v) is 4.26. The van der Waals surface area contributed by atoms with Crippen molar-refractivity contribution in [3.8, 4) is 0 Å². The first-order valence-corrected chi connectivity index (χ1v) is 10.8. The van der Waals surface area contributed by atoms with Crippen LogP contribution in [0.25, 0.3) is 0 Å². The topological polar surface area (TPSA) is 55.9 Å². The smallest absolute Gasteiger partial charge is 0.251 e. The summed E-state index contributed by atoms with van der Waals surface area (Å²) in [5.41, 5.74) is 4.84. The van der Waals surface area contributed by atoms with Gasteiger partial charge in [0, 0.05) is 62.6 Å². The molecule has 30 heavy (non-hydrogen) atoms. The van der Waals surface area contributed by atoms with Crippen molar-refractivity contribution in [2.75, 3.05) is 49.6 Å². The minimum atomic E-state index is -0.0826. The van der Waals surface area contributed by atoms with Gasteiger partial charge in [0.2, 0.25) is 5.91 Å². The Labute approximate surface area is 178 Å². The molecule has 0 radical (unpaired) electrons. The van der Waals surface area contributed by atoms with Gasteiger partial charge in [-0.05, 0) is 48.9 Å². The van der Waals surface area contributed by atoms with Gasteiger partial charge >= 0.3 is 0 Å². The van der Waals surface area contributed by atoms with E-state index < -0.39 is 0 Å². The van der Waals surface area contributed by atoms with Crippen LogP contribution in [0.1, 0.15) is 34.8 Å². The van der Waals surface area contributed by atoms with Crippen molar-refractivity contribution >= 4 is 23.2 Å². The van der Waals surface area contributed by atoms with Gasteiger partial charge in [-0.3, -0.25) is 9.59 Å². The van der Waals surface area contributed by atoms with E-state index >= 15 is 0 Å². The van der Waals surface area contributed by atoms with Gasteiger partial charge in [0.15, 0.2) is 0 Å². The van der Waals surface area contributed by atoms with Crippen LogP contribution in [0, 0.1) is 0 Å². The zero-order valence-electron chi connectivity index (χ0n) is 17.9. The Morgan fingerprint density at radius 1 is 0.967 bits per heavy atom. The van der Waals surface area contributed by atoms with Crippen LogP contribution in [0.15, 0.2) is 42.5 Å². The Hall–Kier alpha value is -2.86. The lowest BCUT2D eigenvalue weighted by atomic mass is 10.0. The summed E-state index contributed by atoms with van der Waals surface area (Å²) in [5, 5.41) is 3.05. The lowest BCUT2D eigenvalue weighted by Gasteiger charge is -2.34. The van der Waals surface area contributed by atoms with Crippen LogP contribution in [0.3, 0.4) is 0 Å². The summed E-state index contributed by atoms with van der Waals surface area (Å²) in [6.07, 6.45) is 1.20. The number of amides is 2. The predicted molar refractivity (Wildman–Crippen MR) is 120 cm³/mol. The summed E-state index contributed by atoms with van der Waals surface area (Å²) >= 11 is 0. The largest absolute Gasteiger partial charge is 0.369 e. The highest BCUT2D eigenvalue weighted by atomic mass is 16.2. The number of rotatable bonds is 5. The average Bonchev–Trinajstić information content (AvgIpc) is 3.22. The van der Waals surface area contributed by atoms with Crippen LogP contribution in [-0.4, -0.2) is 56.5 Å². The molecule has 0 unspecified atom stereocenters. The molecule has 158 valence electrons. The van der Waals surface area contributed by atoms with E-state index in [9.17, 15) is 9.59 Å². The van der Waals surface area contributed by atoms with E-state index in [1.807, 2.05) is 25.1 Å². The molecule has 2 heterocycles. The summed E-state index contributed by atoms with van der Waals surface area (Å²) in [7, 11) is 2.16. The van der Waals surface area contributed by atoms with Gasteiger partial charge < -0.3 is 20.0 Å². The number of carbonyl (C=O) groups excluding carboxylic acids is 2. The number of hydrogen-bond acceptors (Lipinski definition) is 4. The maximum absolute atomic E-state index is 12.8. The van der Waals surface area contributed by atoms with Crippen molar-refractivity contribution in [3.05, 3.63) is 59.2 Å². The third-order valence-corrected chi connectivity index (χ3v) is 6.13. The van der Waals surface area contributed by atoms with Crippen molar-refractivity contribution < 1.29 is 9.59 Å². The van der Waals surface area contributed by atoms with Crippen LogP contribution >= 0.6 is 0 Å². The summed E-state index contributed by atoms with van der Waals surface area (Å²) in [4.78, 5) is 31.5. The summed E-state index contributed by atoms with van der Waals surface area (Å²) < 4.78 is 0. The highest BCUT2D eigenvalue weighted by molar-refractivity contribution is 6.01. The first-order valence-electron chi connectivity index (χ1n) is 10.8. The Morgan fingerprint density at radius 2 is 1.70 bits per heavy atom. The van der Waals surface area contributed by atoms with E-state index in [4.69, 9.17) is 0 Å². The van der Waals surface area contributed by atoms with Gasteiger partial charge in [-0.1, -0.05) is 25.1 Å². The van der Waals surface area contributed by atoms with E-state index in [0.29, 0.717) is 25.1 Å². The van der Waals surface area contributed by atoms with Crippen molar-refractivity contribution in [1.29, 1.82) is 0 Å². The Kier molecular flexibility index (Phi) is 6.04. The maximum atomic E-state index is 12.8. The second-order valence-corrected chi connectivity index (χ2v) is 8.09. The fraction of sp³-hybridized carbons (Fsp3) is 0.417. The number of fused-ring (bicyclic) bond motifs is 1. The number of anilines is 2. The van der Waals surface area contributed by atoms with Crippen LogP contribution in [0.2, 0.25) is 0 Å². The highest BCUT2D eigenvalue weighted by Gasteiger charge is 2.27. The molecule has 2 aromatic carbocycles. The highest BCUT2D eigenvalue weighted by Crippen LogP contribution is 2.31. The molecule has 2 aliphatic heterocycles. The Balaban J connectivity index is 1.39. The third-order valence-electron chi connectivity index (χ3n) is 6.13. The minimum Gasteiger partial charge on any atom is -0.369 e. The summed E-state index contributed by atoms with van der Waals surface area (Å²) in [6, 6.07) is 14.1. The van der Waals surface area contributed by atoms with Gasteiger partial charge in [0.1, 0.15) is 0 Å². The van der Waals surface area contributed by atoms with Gasteiger partial charge in [-0.25, -0.2) is 0 Å². The first-order chi connectivity index (χ1) is 14.6. The fourth-order valence-electron chi connectivity index (χ4n) is 4.26. The minimum absolute atomic E-state index is 0.0826. The molecule has 0 saturated carbocycles. The molecule has 0 aromatic heterocycles. The maximum Gasteiger partial charge on any atom is 0.251 e. The number of piperazine rings is 1. The second-order valence-electron chi connectivity index (χ2n) is 8.09. The molecule has 2 aromatic rings. The van der Waals surface area contributed by atoms with Gasteiger partial charge in [0.05, 0.1) is 0 Å². The van der Waals surface area contributed by atoms with E-state index in [2.05, 4.69) is 46.4 Å². The van der Waals surface area contributed by atoms with Crippen LogP contribution in [-0.2, 0) is 17.8 Å². The van der Waals surface area contributed by atoms with Gasteiger partial charge in [-0.15, -0.1) is 0 Å². The van der Waals surface area contributed by atoms with Crippen LogP contribution in [0.4, 0.5) is 11.4 Å². The number of nitrogens with zero attached hydrogens (tertiary/aromatic N) is 3. The standard InChI is InChI=1S/C24H30N4O2/c1-3-23(29)28-12-11-20-21(5-4-6-22(20)28)24(30)25-17-18-7-9-19(10-8-18)27-15-13-26(2)14-16-27/h4-10H,3,11-17H2,1-2H3,(H,25,30). The molecule has 1 fully saturated rings. The van der Waals surface area contributed by atoms with Gasteiger partial charge in [0.25, 0.3) is 5.91 Å². The second kappa shape index (κ2) is 8.88. The van der Waals surface area contributed by atoms with E-state index in [0.717, 1.165) is 49.4 Å². The monoisotopic (exact) mass is 406 g/mol. The lowest BCUT2D eigenvalue weighted by Crippen LogP contribution is -2.44. The molecule has 1 saturated heterocycles. The summed E-state index contributed by atoms with van der Waals surface area (Å²) in [6.45, 7) is 7.27. The van der Waals surface area contributed by atoms with Crippen molar-refractivity contribution in [1.82, 2.24) is 10.2 Å². The molecule has 1 N–H and O–H groups in total. The number of benzene rings is 2. The molecule has 0 atom stereocenters. The molecule has 0 bridgehead atoms. The number of hydrogen-bond donors (Lipinski definition) is 1. The third kappa shape index (κ3) is 4.19. The normalized spacial score (nSPS) is 16.5. The van der Waals surface area contributed by atoms with Crippen molar-refractivity contribution in [2.24, 2.45) is 0 Å². The molecule has 0 spiro atoms. The number of likely N-dealkylation sites (N-methyl/N-ethyl adjacent to an activating group) is 1. The first kappa shape index (κ1) is 20.4. The quantitative estimate of drug-likeness (QED) is 0.830. The lowest BCUT2D eigenvalue weighted by molar-refractivity contribution is -0.118.